The molecule has 0 aliphatic rings. The molecule has 118 valence electrons. The Balaban J connectivity index is -0.000000230. The Hall–Kier alpha value is -2.97. The first-order valence-electron chi connectivity index (χ1n) is 5.22. The quantitative estimate of drug-likeness (QED) is 0.593. The summed E-state index contributed by atoms with van der Waals surface area (Å²) >= 11 is 0. The Morgan fingerprint density at radius 2 is 1.19 bits per heavy atom. The third kappa shape index (κ3) is 47.2. The van der Waals surface area contributed by atoms with Crippen LogP contribution in [0.1, 0.15) is 31.1 Å². The van der Waals surface area contributed by atoms with Crippen molar-refractivity contribution in [2.24, 2.45) is 0 Å². The number of aromatic carboxylic acids is 1. The highest BCUT2D eigenvalue weighted by Gasteiger charge is 1.97. The fourth-order valence-corrected chi connectivity index (χ4v) is 0.489. The van der Waals surface area contributed by atoms with Crippen molar-refractivity contribution in [3.63, 3.8) is 0 Å². The molecule has 0 aliphatic heterocycles. The van der Waals surface area contributed by atoms with Gasteiger partial charge in [0.05, 0.1) is 5.56 Å². The molecule has 21 heavy (non-hydrogen) atoms. The summed E-state index contributed by atoms with van der Waals surface area (Å²) < 4.78 is 0. The number of aromatic nitrogens is 1. The van der Waals surface area contributed by atoms with Crippen LogP contribution >= 0.6 is 0 Å². The summed E-state index contributed by atoms with van der Waals surface area (Å²) in [7, 11) is 0. The van der Waals surface area contributed by atoms with Crippen LogP contribution in [0, 0.1) is 0 Å². The summed E-state index contributed by atoms with van der Waals surface area (Å²) in [6.07, 6.45) is 2.84. The van der Waals surface area contributed by atoms with E-state index in [0.717, 1.165) is 20.8 Å². The molecular formula is C12H17NO8. The summed E-state index contributed by atoms with van der Waals surface area (Å²) in [6.45, 7) is 3.25. The Labute approximate surface area is 120 Å². The molecule has 1 aromatic rings. The van der Waals surface area contributed by atoms with Crippen LogP contribution in [-0.4, -0.2) is 49.3 Å². The average molecular weight is 303 g/mol. The average Bonchev–Trinajstić information content (AvgIpc) is 2.27. The van der Waals surface area contributed by atoms with Crippen LogP contribution in [0.2, 0.25) is 0 Å². The van der Waals surface area contributed by atoms with Gasteiger partial charge in [0, 0.05) is 33.2 Å². The number of hydrogen-bond acceptors (Lipinski definition) is 5. The zero-order chi connectivity index (χ0) is 17.4. The molecule has 0 spiro atoms. The zero-order valence-electron chi connectivity index (χ0n) is 11.7. The van der Waals surface area contributed by atoms with Crippen LogP contribution in [0.3, 0.4) is 0 Å². The predicted molar refractivity (Wildman–Crippen MR) is 71.1 cm³/mol. The molecule has 1 heterocycles. The van der Waals surface area contributed by atoms with Crippen molar-refractivity contribution in [1.82, 2.24) is 4.98 Å². The highest BCUT2D eigenvalue weighted by Crippen LogP contribution is 1.92. The topological polar surface area (TPSA) is 162 Å². The number of carboxylic acid groups (broad SMARTS) is 4. The molecule has 0 fully saturated rings. The number of aliphatic carboxylic acids is 3. The number of carbonyl (C=O) groups is 4. The second-order valence-corrected chi connectivity index (χ2v) is 3.10. The van der Waals surface area contributed by atoms with Crippen LogP contribution in [0.5, 0.6) is 0 Å². The lowest BCUT2D eigenvalue weighted by Gasteiger charge is -1.87. The van der Waals surface area contributed by atoms with Crippen molar-refractivity contribution in [2.75, 3.05) is 0 Å². The van der Waals surface area contributed by atoms with E-state index in [4.69, 9.17) is 34.8 Å². The van der Waals surface area contributed by atoms with Crippen LogP contribution in [0.4, 0.5) is 0 Å². The van der Waals surface area contributed by atoms with Crippen LogP contribution in [0.15, 0.2) is 24.5 Å². The number of carboxylic acids is 4. The monoisotopic (exact) mass is 303 g/mol. The minimum absolute atomic E-state index is 0.220. The molecule has 0 amide bonds. The third-order valence-corrected chi connectivity index (χ3v) is 0.908. The molecule has 9 nitrogen and oxygen atoms in total. The first-order chi connectivity index (χ1) is 9.50. The van der Waals surface area contributed by atoms with Crippen LogP contribution in [0.25, 0.3) is 0 Å². The first-order valence-corrected chi connectivity index (χ1v) is 5.22. The standard InChI is InChI=1S/C6H5NO2.3C2H4O2/c8-6(9)5-2-1-3-7-4-5;3*1-2(3)4/h1-4H,(H,8,9);3*1H3,(H,3,4). The van der Waals surface area contributed by atoms with Gasteiger partial charge in [0.25, 0.3) is 17.9 Å². The molecule has 0 atom stereocenters. The van der Waals surface area contributed by atoms with E-state index in [2.05, 4.69) is 4.98 Å². The van der Waals surface area contributed by atoms with Gasteiger partial charge in [-0.25, -0.2) is 4.79 Å². The molecular weight excluding hydrogens is 286 g/mol. The Kier molecular flexibility index (Phi) is 16.6. The van der Waals surface area contributed by atoms with Gasteiger partial charge < -0.3 is 20.4 Å². The van der Waals surface area contributed by atoms with E-state index >= 15 is 0 Å². The number of rotatable bonds is 1. The number of nitrogens with zero attached hydrogens (tertiary/aromatic N) is 1. The normalized spacial score (nSPS) is 7.38. The van der Waals surface area contributed by atoms with E-state index in [1.54, 1.807) is 6.07 Å². The minimum Gasteiger partial charge on any atom is -0.481 e. The predicted octanol–water partition coefficient (Wildman–Crippen LogP) is 1.05. The molecule has 9 heteroatoms. The SMILES string of the molecule is CC(=O)O.CC(=O)O.CC(=O)O.O=C(O)c1cccnc1. The van der Waals surface area contributed by atoms with Gasteiger partial charge in [-0.3, -0.25) is 19.4 Å². The van der Waals surface area contributed by atoms with E-state index in [1.165, 1.54) is 18.5 Å². The maximum absolute atomic E-state index is 10.2. The smallest absolute Gasteiger partial charge is 0.337 e. The van der Waals surface area contributed by atoms with Gasteiger partial charge in [0.15, 0.2) is 0 Å². The molecule has 0 aliphatic carbocycles. The summed E-state index contributed by atoms with van der Waals surface area (Å²) in [5.74, 6) is -3.44. The Morgan fingerprint density at radius 3 is 1.33 bits per heavy atom. The van der Waals surface area contributed by atoms with Gasteiger partial charge in [-0.05, 0) is 12.1 Å². The maximum atomic E-state index is 10.2. The van der Waals surface area contributed by atoms with Crippen LogP contribution < -0.4 is 0 Å². The van der Waals surface area contributed by atoms with Crippen molar-refractivity contribution in [3.8, 4) is 0 Å². The van der Waals surface area contributed by atoms with Crippen molar-refractivity contribution in [1.29, 1.82) is 0 Å². The van der Waals surface area contributed by atoms with Crippen molar-refractivity contribution < 1.29 is 39.6 Å². The lowest BCUT2D eigenvalue weighted by molar-refractivity contribution is -0.135. The lowest BCUT2D eigenvalue weighted by Crippen LogP contribution is -1.94. The maximum Gasteiger partial charge on any atom is 0.337 e. The molecule has 0 unspecified atom stereocenters. The van der Waals surface area contributed by atoms with Crippen molar-refractivity contribution >= 4 is 23.9 Å². The van der Waals surface area contributed by atoms with E-state index in [9.17, 15) is 4.79 Å². The van der Waals surface area contributed by atoms with Crippen molar-refractivity contribution in [2.45, 2.75) is 20.8 Å². The number of hydrogen-bond donors (Lipinski definition) is 4. The Morgan fingerprint density at radius 1 is 0.857 bits per heavy atom. The van der Waals surface area contributed by atoms with Gasteiger partial charge >= 0.3 is 5.97 Å². The Bertz CT molecular complexity index is 403. The molecule has 1 rings (SSSR count). The second-order valence-electron chi connectivity index (χ2n) is 3.10. The summed E-state index contributed by atoms with van der Waals surface area (Å²) in [5, 5.41) is 30.6. The van der Waals surface area contributed by atoms with Gasteiger partial charge in [-0.2, -0.15) is 0 Å². The molecule has 0 saturated carbocycles. The third-order valence-electron chi connectivity index (χ3n) is 0.908. The second kappa shape index (κ2) is 15.1. The highest BCUT2D eigenvalue weighted by molar-refractivity contribution is 5.86. The van der Waals surface area contributed by atoms with Crippen molar-refractivity contribution in [3.05, 3.63) is 30.1 Å². The van der Waals surface area contributed by atoms with E-state index in [1.807, 2.05) is 0 Å². The summed E-state index contributed by atoms with van der Waals surface area (Å²) in [5.41, 5.74) is 0.220. The van der Waals surface area contributed by atoms with Gasteiger partial charge in [0.2, 0.25) is 0 Å². The molecule has 0 radical (unpaired) electrons. The molecule has 1 aromatic heterocycles. The molecule has 4 N–H and O–H groups in total. The fraction of sp³-hybridized carbons (Fsp3) is 0.250. The molecule has 0 aromatic carbocycles. The highest BCUT2D eigenvalue weighted by atomic mass is 16.4. The fourth-order valence-electron chi connectivity index (χ4n) is 0.489. The molecule has 0 saturated heterocycles. The van der Waals surface area contributed by atoms with Crippen LogP contribution in [-0.2, 0) is 14.4 Å². The van der Waals surface area contributed by atoms with Gasteiger partial charge in [-0.1, -0.05) is 0 Å². The van der Waals surface area contributed by atoms with Gasteiger partial charge in [-0.15, -0.1) is 0 Å². The summed E-state index contributed by atoms with van der Waals surface area (Å²) in [4.78, 5) is 40.8. The first kappa shape index (κ1) is 23.1. The number of pyridine rings is 1. The molecule has 0 bridgehead atoms. The van der Waals surface area contributed by atoms with Gasteiger partial charge in [0.1, 0.15) is 0 Å². The summed E-state index contributed by atoms with van der Waals surface area (Å²) in [6, 6.07) is 3.08. The largest absolute Gasteiger partial charge is 0.481 e. The zero-order valence-corrected chi connectivity index (χ0v) is 11.7. The van der Waals surface area contributed by atoms with E-state index < -0.39 is 23.9 Å². The lowest BCUT2D eigenvalue weighted by atomic mass is 10.3. The minimum atomic E-state index is -0.942. The van der Waals surface area contributed by atoms with E-state index in [0.29, 0.717) is 0 Å². The van der Waals surface area contributed by atoms with E-state index in [-0.39, 0.29) is 5.56 Å².